The van der Waals surface area contributed by atoms with Gasteiger partial charge >= 0.3 is 60.6 Å². The monoisotopic (exact) mass is 136 g/mol. The predicted molar refractivity (Wildman–Crippen MR) is 15.6 cm³/mol. The summed E-state index contributed by atoms with van der Waals surface area (Å²) < 4.78 is 8.74. The van der Waals surface area contributed by atoms with E-state index >= 15 is 0 Å². The fraction of sp³-hybridized carbons (Fsp3) is 0. The standard InChI is InChI=1S/K.H2O3Si.H2O.H/c;1-4(2)3;;/h;1-2H;1H2;/q+1;;;-1. The molecule has 0 fully saturated rings. The number of hydrogen-bond acceptors (Lipinski definition) is 1. The van der Waals surface area contributed by atoms with Gasteiger partial charge in [-0.15, -0.1) is 0 Å². The second-order valence-electron chi connectivity index (χ2n) is 0.283. The van der Waals surface area contributed by atoms with Gasteiger partial charge in [0.15, 0.2) is 0 Å². The molecule has 6 heavy (non-hydrogen) atoms. The first-order valence-electron chi connectivity index (χ1n) is 0.651. The van der Waals surface area contributed by atoms with Crippen molar-refractivity contribution < 1.29 is 72.3 Å². The average Bonchev–Trinajstić information content (AvgIpc) is 0.811. The summed E-state index contributed by atoms with van der Waals surface area (Å²) in [6, 6.07) is 0. The molecule has 0 aliphatic carbocycles. The van der Waals surface area contributed by atoms with Crippen molar-refractivity contribution >= 4 is 9.17 Å². The second kappa shape index (κ2) is 9.51. The maximum Gasteiger partial charge on any atom is 1.00 e. The normalized spacial score (nSPS) is 4.00. The Hall–Kier alpha value is 1.21. The van der Waals surface area contributed by atoms with Gasteiger partial charge in [-0.2, -0.15) is 0 Å². The van der Waals surface area contributed by atoms with Gasteiger partial charge in [0.25, 0.3) is 0 Å². The number of hydrogen-bond donors (Lipinski definition) is 2. The van der Waals surface area contributed by atoms with Crippen LogP contribution in [0.1, 0.15) is 1.43 Å². The summed E-state index contributed by atoms with van der Waals surface area (Å²) in [7, 11) is -3.13. The molecule has 0 bridgehead atoms. The Morgan fingerprint density at radius 2 is 1.50 bits per heavy atom. The van der Waals surface area contributed by atoms with Gasteiger partial charge in [0.1, 0.15) is 0 Å². The first-order valence-corrected chi connectivity index (χ1v) is 1.95. The minimum Gasteiger partial charge on any atom is -1.00 e. The SMILES string of the molecule is O.O=[Si](O)O.[H-].[K+]. The first-order chi connectivity index (χ1) is 1.73. The molecule has 4 nitrogen and oxygen atoms in total. The minimum atomic E-state index is -3.13. The molecule has 0 aliphatic rings. The van der Waals surface area contributed by atoms with Crippen LogP contribution in [0.3, 0.4) is 0 Å². The van der Waals surface area contributed by atoms with Crippen LogP contribution in [0.25, 0.3) is 0 Å². The zero-order valence-corrected chi connectivity index (χ0v) is 7.43. The molecule has 0 aromatic heterocycles. The topological polar surface area (TPSA) is 89.0 Å². The third-order valence-electron chi connectivity index (χ3n) is 0. The van der Waals surface area contributed by atoms with Gasteiger partial charge in [-0.05, 0) is 0 Å². The third kappa shape index (κ3) is 62.9. The summed E-state index contributed by atoms with van der Waals surface area (Å²) >= 11 is 0. The summed E-state index contributed by atoms with van der Waals surface area (Å²) in [4.78, 5) is 14.3. The van der Waals surface area contributed by atoms with Crippen LogP contribution >= 0.6 is 0 Å². The zero-order valence-electron chi connectivity index (χ0n) is 4.30. The Balaban J connectivity index is -0.0000000150. The maximum absolute atomic E-state index is 8.74. The molecule has 0 spiro atoms. The van der Waals surface area contributed by atoms with E-state index in [-0.39, 0.29) is 58.3 Å². The summed E-state index contributed by atoms with van der Waals surface area (Å²) in [6.45, 7) is 0. The minimum absolute atomic E-state index is 0. The summed E-state index contributed by atoms with van der Waals surface area (Å²) in [6.07, 6.45) is 0. The Morgan fingerprint density at radius 1 is 1.50 bits per heavy atom. The predicted octanol–water partition coefficient (Wildman–Crippen LogP) is -5.32. The fourth-order valence-electron chi connectivity index (χ4n) is 0. The molecule has 0 atom stereocenters. The molecule has 0 amide bonds. The average molecular weight is 136 g/mol. The van der Waals surface area contributed by atoms with Gasteiger partial charge in [-0.3, -0.25) is 4.46 Å². The molecule has 34 valence electrons. The molecule has 4 N–H and O–H groups in total. The van der Waals surface area contributed by atoms with Crippen molar-refractivity contribution in [2.75, 3.05) is 0 Å². The van der Waals surface area contributed by atoms with E-state index < -0.39 is 9.17 Å². The molecule has 0 aromatic carbocycles. The second-order valence-corrected chi connectivity index (χ2v) is 0.848. The molecule has 0 heterocycles. The van der Waals surface area contributed by atoms with E-state index in [1.807, 2.05) is 0 Å². The van der Waals surface area contributed by atoms with E-state index in [1.54, 1.807) is 0 Å². The largest absolute Gasteiger partial charge is 1.00 e. The van der Waals surface area contributed by atoms with Crippen molar-refractivity contribution in [3.63, 3.8) is 0 Å². The fourth-order valence-corrected chi connectivity index (χ4v) is 0. The molecular formula is H5KO4Si. The molecular weight excluding hydrogens is 131 g/mol. The molecule has 6 heteroatoms. The van der Waals surface area contributed by atoms with E-state index in [0.29, 0.717) is 0 Å². The van der Waals surface area contributed by atoms with Crippen molar-refractivity contribution in [1.82, 2.24) is 0 Å². The van der Waals surface area contributed by atoms with E-state index in [1.165, 1.54) is 0 Å². The van der Waals surface area contributed by atoms with Gasteiger partial charge in [-0.1, -0.05) is 0 Å². The van der Waals surface area contributed by atoms with Crippen molar-refractivity contribution in [2.45, 2.75) is 0 Å². The van der Waals surface area contributed by atoms with Crippen LogP contribution in [0, 0.1) is 0 Å². The van der Waals surface area contributed by atoms with Crippen LogP contribution in [0.5, 0.6) is 0 Å². The van der Waals surface area contributed by atoms with Gasteiger partial charge in [0, 0.05) is 0 Å². The smallest absolute Gasteiger partial charge is 1.00 e. The Morgan fingerprint density at radius 3 is 1.50 bits per heavy atom. The van der Waals surface area contributed by atoms with Crippen LogP contribution in [-0.4, -0.2) is 24.2 Å². The third-order valence-corrected chi connectivity index (χ3v) is 0. The zero-order chi connectivity index (χ0) is 3.58. The van der Waals surface area contributed by atoms with Gasteiger partial charge in [0.05, 0.1) is 0 Å². The molecule has 0 rings (SSSR count). The summed E-state index contributed by atoms with van der Waals surface area (Å²) in [5, 5.41) is 0. The quantitative estimate of drug-likeness (QED) is 0.326. The Labute approximate surface area is 80.3 Å². The van der Waals surface area contributed by atoms with Crippen molar-refractivity contribution in [1.29, 1.82) is 0 Å². The summed E-state index contributed by atoms with van der Waals surface area (Å²) in [5.74, 6) is 0. The van der Waals surface area contributed by atoms with E-state index in [2.05, 4.69) is 0 Å². The molecule has 0 saturated carbocycles. The maximum atomic E-state index is 8.74. The van der Waals surface area contributed by atoms with Crippen LogP contribution in [0.2, 0.25) is 0 Å². The summed E-state index contributed by atoms with van der Waals surface area (Å²) in [5.41, 5.74) is 0. The molecule has 0 aliphatic heterocycles. The Kier molecular flexibility index (Phi) is 24.9. The van der Waals surface area contributed by atoms with Crippen molar-refractivity contribution in [3.8, 4) is 0 Å². The Bertz CT molecular complexity index is 34.7. The van der Waals surface area contributed by atoms with E-state index in [4.69, 9.17) is 14.1 Å². The van der Waals surface area contributed by atoms with Crippen LogP contribution in [0.4, 0.5) is 0 Å². The van der Waals surface area contributed by atoms with E-state index in [9.17, 15) is 0 Å². The van der Waals surface area contributed by atoms with Crippen LogP contribution < -0.4 is 51.4 Å². The van der Waals surface area contributed by atoms with Crippen molar-refractivity contribution in [2.24, 2.45) is 0 Å². The van der Waals surface area contributed by atoms with Gasteiger partial charge in [0.2, 0.25) is 0 Å². The van der Waals surface area contributed by atoms with E-state index in [0.717, 1.165) is 0 Å². The van der Waals surface area contributed by atoms with Crippen LogP contribution in [0.15, 0.2) is 0 Å². The van der Waals surface area contributed by atoms with Gasteiger partial charge < -0.3 is 16.5 Å². The molecule has 0 saturated heterocycles. The van der Waals surface area contributed by atoms with Crippen LogP contribution in [-0.2, 0) is 4.46 Å². The number of rotatable bonds is 0. The van der Waals surface area contributed by atoms with Crippen molar-refractivity contribution in [3.05, 3.63) is 0 Å². The molecule has 0 aromatic rings. The molecule has 0 radical (unpaired) electrons. The first kappa shape index (κ1) is 15.7. The van der Waals surface area contributed by atoms with Gasteiger partial charge in [-0.25, -0.2) is 0 Å². The molecule has 0 unspecified atom stereocenters.